The number of likely N-dealkylation sites (N-methyl/N-ethyl adjacent to an activating group) is 1. The largest absolute Gasteiger partial charge is 0.352 e. The minimum Gasteiger partial charge on any atom is -0.352 e. The summed E-state index contributed by atoms with van der Waals surface area (Å²) in [5.41, 5.74) is 0. The van der Waals surface area contributed by atoms with Crippen molar-refractivity contribution in [2.24, 2.45) is 0 Å². The maximum Gasteiger partial charge on any atom is 0.143 e. The second-order valence-electron chi connectivity index (χ2n) is 2.79. The maximum absolute atomic E-state index is 5.81. The molecule has 2 nitrogen and oxygen atoms in total. The highest BCUT2D eigenvalue weighted by molar-refractivity contribution is 9.10. The zero-order valence-electron chi connectivity index (χ0n) is 8.00. The van der Waals surface area contributed by atoms with E-state index < -0.39 is 0 Å². The Hall–Kier alpha value is -0.540. The summed E-state index contributed by atoms with van der Waals surface area (Å²) < 4.78 is 0.911. The van der Waals surface area contributed by atoms with Crippen LogP contribution in [0.15, 0.2) is 29.4 Å². The van der Waals surface area contributed by atoms with E-state index in [1.165, 1.54) is 0 Å². The van der Waals surface area contributed by atoms with Gasteiger partial charge in [-0.25, -0.2) is 4.98 Å². The fourth-order valence-corrected chi connectivity index (χ4v) is 2.05. The van der Waals surface area contributed by atoms with E-state index in [0.29, 0.717) is 5.02 Å². The predicted molar refractivity (Wildman–Crippen MR) is 65.0 cm³/mol. The van der Waals surface area contributed by atoms with Crippen molar-refractivity contribution in [2.45, 2.75) is 6.92 Å². The van der Waals surface area contributed by atoms with Gasteiger partial charge < -0.3 is 4.90 Å². The summed E-state index contributed by atoms with van der Waals surface area (Å²) in [5.74, 6) is 0.900. The van der Waals surface area contributed by atoms with E-state index in [0.717, 1.165) is 23.4 Å². The Morgan fingerprint density at radius 1 is 1.71 bits per heavy atom. The minimum absolute atomic E-state index is 0.635. The van der Waals surface area contributed by atoms with Crippen LogP contribution in [0, 0.1) is 0 Å². The SMILES string of the molecule is C=CCN(CC)c1ncc(Cl)cc1Br. The lowest BCUT2D eigenvalue weighted by Gasteiger charge is -2.21. The first kappa shape index (κ1) is 11.5. The maximum atomic E-state index is 5.81. The molecule has 0 aromatic carbocycles. The van der Waals surface area contributed by atoms with Gasteiger partial charge in [0.1, 0.15) is 5.82 Å². The molecule has 0 radical (unpaired) electrons. The van der Waals surface area contributed by atoms with E-state index >= 15 is 0 Å². The van der Waals surface area contributed by atoms with Crippen LogP contribution in [-0.2, 0) is 0 Å². The molecule has 0 saturated carbocycles. The van der Waals surface area contributed by atoms with Crippen LogP contribution < -0.4 is 4.90 Å². The van der Waals surface area contributed by atoms with Crippen LogP contribution in [0.25, 0.3) is 0 Å². The monoisotopic (exact) mass is 274 g/mol. The smallest absolute Gasteiger partial charge is 0.143 e. The normalized spacial score (nSPS) is 9.93. The highest BCUT2D eigenvalue weighted by Crippen LogP contribution is 2.26. The zero-order valence-corrected chi connectivity index (χ0v) is 10.3. The van der Waals surface area contributed by atoms with E-state index in [2.05, 4.69) is 39.3 Å². The highest BCUT2D eigenvalue weighted by Gasteiger charge is 2.08. The molecular weight excluding hydrogens is 263 g/mol. The van der Waals surface area contributed by atoms with Gasteiger partial charge in [-0.15, -0.1) is 6.58 Å². The third-order valence-corrected chi connectivity index (χ3v) is 2.61. The fourth-order valence-electron chi connectivity index (χ4n) is 1.16. The lowest BCUT2D eigenvalue weighted by atomic mass is 10.4. The van der Waals surface area contributed by atoms with Gasteiger partial charge in [0.05, 0.1) is 9.50 Å². The first-order valence-electron chi connectivity index (χ1n) is 4.36. The van der Waals surface area contributed by atoms with Gasteiger partial charge in [-0.2, -0.15) is 0 Å². The predicted octanol–water partition coefficient (Wildman–Crippen LogP) is 3.51. The molecule has 76 valence electrons. The average molecular weight is 276 g/mol. The van der Waals surface area contributed by atoms with Gasteiger partial charge in [0, 0.05) is 19.3 Å². The second-order valence-corrected chi connectivity index (χ2v) is 4.08. The van der Waals surface area contributed by atoms with E-state index in [1.54, 1.807) is 6.20 Å². The molecule has 4 heteroatoms. The van der Waals surface area contributed by atoms with Gasteiger partial charge in [-0.05, 0) is 28.9 Å². The fraction of sp³-hybridized carbons (Fsp3) is 0.300. The topological polar surface area (TPSA) is 16.1 Å². The summed E-state index contributed by atoms with van der Waals surface area (Å²) in [6.45, 7) is 7.46. The van der Waals surface area contributed by atoms with Gasteiger partial charge in [0.25, 0.3) is 0 Å². The summed E-state index contributed by atoms with van der Waals surface area (Å²) in [5, 5.41) is 0.635. The van der Waals surface area contributed by atoms with E-state index in [9.17, 15) is 0 Å². The molecule has 0 saturated heterocycles. The summed E-state index contributed by atoms with van der Waals surface area (Å²) in [7, 11) is 0. The molecule has 0 atom stereocenters. The van der Waals surface area contributed by atoms with E-state index in [4.69, 9.17) is 11.6 Å². The standard InChI is InChI=1S/C10H12BrClN2/c1-3-5-14(4-2)10-9(11)6-8(12)7-13-10/h3,6-7H,1,4-5H2,2H3. The molecule has 0 bridgehead atoms. The Morgan fingerprint density at radius 3 is 2.93 bits per heavy atom. The number of halogens is 2. The van der Waals surface area contributed by atoms with Crippen molar-refractivity contribution in [1.29, 1.82) is 0 Å². The van der Waals surface area contributed by atoms with Gasteiger partial charge in [0.15, 0.2) is 0 Å². The molecular formula is C10H12BrClN2. The van der Waals surface area contributed by atoms with Gasteiger partial charge in [-0.3, -0.25) is 0 Å². The number of rotatable bonds is 4. The molecule has 0 N–H and O–H groups in total. The van der Waals surface area contributed by atoms with Crippen molar-refractivity contribution >= 4 is 33.3 Å². The number of pyridine rings is 1. The third kappa shape index (κ3) is 2.72. The van der Waals surface area contributed by atoms with Crippen LogP contribution in [0.1, 0.15) is 6.92 Å². The first-order valence-corrected chi connectivity index (χ1v) is 5.53. The summed E-state index contributed by atoms with van der Waals surface area (Å²) in [4.78, 5) is 6.37. The molecule has 0 fully saturated rings. The van der Waals surface area contributed by atoms with Crippen molar-refractivity contribution in [3.05, 3.63) is 34.4 Å². The molecule has 0 aliphatic rings. The van der Waals surface area contributed by atoms with Crippen molar-refractivity contribution in [1.82, 2.24) is 4.98 Å². The Balaban J connectivity index is 2.97. The van der Waals surface area contributed by atoms with Gasteiger partial charge >= 0.3 is 0 Å². The van der Waals surface area contributed by atoms with Crippen molar-refractivity contribution < 1.29 is 0 Å². The Bertz CT molecular complexity index is 328. The number of nitrogens with zero attached hydrogens (tertiary/aromatic N) is 2. The molecule has 1 rings (SSSR count). The second kappa shape index (κ2) is 5.37. The van der Waals surface area contributed by atoms with Crippen LogP contribution in [0.2, 0.25) is 5.02 Å². The lowest BCUT2D eigenvalue weighted by molar-refractivity contribution is 0.879. The quantitative estimate of drug-likeness (QED) is 0.782. The summed E-state index contributed by atoms with van der Waals surface area (Å²) in [6, 6.07) is 1.84. The molecule has 14 heavy (non-hydrogen) atoms. The summed E-state index contributed by atoms with van der Waals surface area (Å²) in [6.07, 6.45) is 3.50. The van der Waals surface area contributed by atoms with Crippen LogP contribution in [-0.4, -0.2) is 18.1 Å². The van der Waals surface area contributed by atoms with E-state index in [1.807, 2.05) is 12.1 Å². The number of hydrogen-bond donors (Lipinski definition) is 0. The molecule has 1 heterocycles. The van der Waals surface area contributed by atoms with Crippen LogP contribution >= 0.6 is 27.5 Å². The highest BCUT2D eigenvalue weighted by atomic mass is 79.9. The molecule has 0 spiro atoms. The van der Waals surface area contributed by atoms with Crippen LogP contribution in [0.4, 0.5) is 5.82 Å². The number of aromatic nitrogens is 1. The molecule has 1 aromatic heterocycles. The van der Waals surface area contributed by atoms with Crippen LogP contribution in [0.5, 0.6) is 0 Å². The Labute approximate surface area is 97.7 Å². The summed E-state index contributed by atoms with van der Waals surface area (Å²) >= 11 is 9.25. The van der Waals surface area contributed by atoms with Crippen molar-refractivity contribution in [3.8, 4) is 0 Å². The Kier molecular flexibility index (Phi) is 4.42. The molecule has 0 aliphatic carbocycles. The van der Waals surface area contributed by atoms with E-state index in [-0.39, 0.29) is 0 Å². The number of hydrogen-bond acceptors (Lipinski definition) is 2. The lowest BCUT2D eigenvalue weighted by Crippen LogP contribution is -2.23. The number of anilines is 1. The van der Waals surface area contributed by atoms with Crippen LogP contribution in [0.3, 0.4) is 0 Å². The molecule has 0 aliphatic heterocycles. The van der Waals surface area contributed by atoms with Crippen molar-refractivity contribution in [3.63, 3.8) is 0 Å². The minimum atomic E-state index is 0.635. The van der Waals surface area contributed by atoms with Gasteiger partial charge in [0.2, 0.25) is 0 Å². The molecule has 0 amide bonds. The van der Waals surface area contributed by atoms with Crippen molar-refractivity contribution in [2.75, 3.05) is 18.0 Å². The zero-order chi connectivity index (χ0) is 10.6. The molecule has 0 unspecified atom stereocenters. The van der Waals surface area contributed by atoms with Gasteiger partial charge in [-0.1, -0.05) is 17.7 Å². The molecule has 1 aromatic rings. The average Bonchev–Trinajstić information content (AvgIpc) is 2.15. The Morgan fingerprint density at radius 2 is 2.43 bits per heavy atom. The first-order chi connectivity index (χ1) is 6.69. The third-order valence-electron chi connectivity index (χ3n) is 1.82.